The van der Waals surface area contributed by atoms with E-state index in [0.29, 0.717) is 6.54 Å². The summed E-state index contributed by atoms with van der Waals surface area (Å²) >= 11 is 0. The topological polar surface area (TPSA) is 51.0 Å². The molecular weight excluding hydrogens is 288 g/mol. The standard InChI is InChI=1S/C18H24N4O/c1-4-15-7-9-16(10-8-15)18(23)21-11-5-6-17(12-21)22-14(3)19-13(2)20-22/h7-10,17H,4-6,11-12H2,1-3H3. The number of hydrogen-bond donors (Lipinski definition) is 0. The lowest BCUT2D eigenvalue weighted by molar-refractivity contribution is 0.0671. The Morgan fingerprint density at radius 1 is 1.26 bits per heavy atom. The van der Waals surface area contributed by atoms with Crippen LogP contribution in [0.4, 0.5) is 0 Å². The van der Waals surface area contributed by atoms with Crippen LogP contribution in [0.15, 0.2) is 24.3 Å². The summed E-state index contributed by atoms with van der Waals surface area (Å²) in [6.07, 6.45) is 3.04. The van der Waals surface area contributed by atoms with Crippen LogP contribution in [0.5, 0.6) is 0 Å². The number of likely N-dealkylation sites (tertiary alicyclic amines) is 1. The second kappa shape index (κ2) is 6.52. The van der Waals surface area contributed by atoms with E-state index in [9.17, 15) is 4.79 Å². The number of hydrogen-bond acceptors (Lipinski definition) is 3. The van der Waals surface area contributed by atoms with Gasteiger partial charge in [0.25, 0.3) is 5.91 Å². The molecule has 2 aromatic rings. The molecule has 1 saturated heterocycles. The first kappa shape index (κ1) is 15.7. The lowest BCUT2D eigenvalue weighted by Crippen LogP contribution is -2.41. The van der Waals surface area contributed by atoms with Crippen molar-refractivity contribution in [2.24, 2.45) is 0 Å². The van der Waals surface area contributed by atoms with Crippen molar-refractivity contribution in [2.45, 2.75) is 46.1 Å². The molecule has 1 fully saturated rings. The normalized spacial score (nSPS) is 18.2. The molecule has 0 bridgehead atoms. The summed E-state index contributed by atoms with van der Waals surface area (Å²) in [4.78, 5) is 19.1. The maximum Gasteiger partial charge on any atom is 0.253 e. The lowest BCUT2D eigenvalue weighted by Gasteiger charge is -2.33. The van der Waals surface area contributed by atoms with Crippen molar-refractivity contribution in [3.8, 4) is 0 Å². The SMILES string of the molecule is CCc1ccc(C(=O)N2CCCC(n3nc(C)nc3C)C2)cc1. The Hall–Kier alpha value is -2.17. The molecular formula is C18H24N4O. The van der Waals surface area contributed by atoms with Crippen molar-refractivity contribution in [2.75, 3.05) is 13.1 Å². The highest BCUT2D eigenvalue weighted by Crippen LogP contribution is 2.23. The molecule has 1 amide bonds. The van der Waals surface area contributed by atoms with E-state index in [1.807, 2.05) is 47.7 Å². The minimum atomic E-state index is 0.117. The molecule has 0 N–H and O–H groups in total. The predicted octanol–water partition coefficient (Wildman–Crippen LogP) is 2.93. The predicted molar refractivity (Wildman–Crippen MR) is 89.5 cm³/mol. The third-order valence-electron chi connectivity index (χ3n) is 4.55. The number of nitrogens with zero attached hydrogens (tertiary/aromatic N) is 4. The van der Waals surface area contributed by atoms with Crippen molar-refractivity contribution in [3.63, 3.8) is 0 Å². The maximum atomic E-state index is 12.7. The van der Waals surface area contributed by atoms with Gasteiger partial charge in [-0.2, -0.15) is 5.10 Å². The first-order valence-electron chi connectivity index (χ1n) is 8.36. The zero-order valence-electron chi connectivity index (χ0n) is 14.1. The second-order valence-electron chi connectivity index (χ2n) is 6.25. The van der Waals surface area contributed by atoms with E-state index in [1.54, 1.807) is 0 Å². The van der Waals surface area contributed by atoms with Gasteiger partial charge in [0.15, 0.2) is 0 Å². The van der Waals surface area contributed by atoms with E-state index < -0.39 is 0 Å². The average molecular weight is 312 g/mol. The highest BCUT2D eigenvalue weighted by Gasteiger charge is 2.27. The Kier molecular flexibility index (Phi) is 4.46. The van der Waals surface area contributed by atoms with Crippen molar-refractivity contribution in [3.05, 3.63) is 47.0 Å². The monoisotopic (exact) mass is 312 g/mol. The quantitative estimate of drug-likeness (QED) is 0.875. The third kappa shape index (κ3) is 3.28. The minimum Gasteiger partial charge on any atom is -0.337 e. The molecule has 1 atom stereocenters. The summed E-state index contributed by atoms with van der Waals surface area (Å²) < 4.78 is 1.98. The van der Waals surface area contributed by atoms with Crippen LogP contribution in [-0.2, 0) is 6.42 Å². The van der Waals surface area contributed by atoms with Crippen LogP contribution < -0.4 is 0 Å². The average Bonchev–Trinajstić information content (AvgIpc) is 2.93. The molecule has 1 unspecified atom stereocenters. The van der Waals surface area contributed by atoms with Crippen LogP contribution in [-0.4, -0.2) is 38.7 Å². The van der Waals surface area contributed by atoms with E-state index in [4.69, 9.17) is 0 Å². The largest absolute Gasteiger partial charge is 0.337 e. The molecule has 23 heavy (non-hydrogen) atoms. The zero-order chi connectivity index (χ0) is 16.4. The fraction of sp³-hybridized carbons (Fsp3) is 0.500. The van der Waals surface area contributed by atoms with Crippen molar-refractivity contribution >= 4 is 5.91 Å². The Bertz CT molecular complexity index is 690. The van der Waals surface area contributed by atoms with Crippen LogP contribution in [0, 0.1) is 13.8 Å². The highest BCUT2D eigenvalue weighted by molar-refractivity contribution is 5.94. The van der Waals surface area contributed by atoms with Gasteiger partial charge in [-0.3, -0.25) is 4.79 Å². The first-order valence-corrected chi connectivity index (χ1v) is 8.36. The van der Waals surface area contributed by atoms with Gasteiger partial charge in [-0.25, -0.2) is 9.67 Å². The number of rotatable bonds is 3. The van der Waals surface area contributed by atoms with E-state index >= 15 is 0 Å². The summed E-state index contributed by atoms with van der Waals surface area (Å²) in [6.45, 7) is 7.53. The van der Waals surface area contributed by atoms with E-state index in [1.165, 1.54) is 5.56 Å². The van der Waals surface area contributed by atoms with E-state index in [-0.39, 0.29) is 11.9 Å². The van der Waals surface area contributed by atoms with Gasteiger partial charge < -0.3 is 4.90 Å². The minimum absolute atomic E-state index is 0.117. The summed E-state index contributed by atoms with van der Waals surface area (Å²) in [5, 5.41) is 4.49. The molecule has 0 spiro atoms. The number of carbonyl (C=O) groups is 1. The molecule has 1 aliphatic heterocycles. The number of amides is 1. The number of aryl methyl sites for hydroxylation is 3. The van der Waals surface area contributed by atoms with Gasteiger partial charge >= 0.3 is 0 Å². The fourth-order valence-electron chi connectivity index (χ4n) is 3.29. The summed E-state index contributed by atoms with van der Waals surface area (Å²) in [5.74, 6) is 1.84. The van der Waals surface area contributed by atoms with Gasteiger partial charge in [0.05, 0.1) is 6.04 Å². The zero-order valence-corrected chi connectivity index (χ0v) is 14.1. The molecule has 0 radical (unpaired) electrons. The first-order chi connectivity index (χ1) is 11.1. The number of carbonyl (C=O) groups excluding carboxylic acids is 1. The van der Waals surface area contributed by atoms with Crippen molar-refractivity contribution < 1.29 is 4.79 Å². The summed E-state index contributed by atoms with van der Waals surface area (Å²) in [5.41, 5.74) is 2.03. The van der Waals surface area contributed by atoms with Gasteiger partial charge in [-0.15, -0.1) is 0 Å². The molecule has 2 heterocycles. The van der Waals surface area contributed by atoms with Crippen LogP contribution in [0.1, 0.15) is 53.4 Å². The van der Waals surface area contributed by atoms with Gasteiger partial charge in [0.2, 0.25) is 0 Å². The Morgan fingerprint density at radius 3 is 2.61 bits per heavy atom. The summed E-state index contributed by atoms with van der Waals surface area (Å²) in [7, 11) is 0. The van der Waals surface area contributed by atoms with Crippen LogP contribution >= 0.6 is 0 Å². The van der Waals surface area contributed by atoms with Crippen LogP contribution in [0.25, 0.3) is 0 Å². The molecule has 0 aliphatic carbocycles. The van der Waals surface area contributed by atoms with Gasteiger partial charge in [0, 0.05) is 18.7 Å². The molecule has 122 valence electrons. The van der Waals surface area contributed by atoms with E-state index in [2.05, 4.69) is 17.0 Å². The Labute approximate surface area is 137 Å². The second-order valence-corrected chi connectivity index (χ2v) is 6.25. The van der Waals surface area contributed by atoms with Crippen LogP contribution in [0.3, 0.4) is 0 Å². The lowest BCUT2D eigenvalue weighted by atomic mass is 10.0. The summed E-state index contributed by atoms with van der Waals surface area (Å²) in [6, 6.07) is 8.19. The van der Waals surface area contributed by atoms with Gasteiger partial charge in [-0.05, 0) is 50.8 Å². The van der Waals surface area contributed by atoms with Crippen molar-refractivity contribution in [1.82, 2.24) is 19.7 Å². The Balaban J connectivity index is 1.74. The molecule has 5 nitrogen and oxygen atoms in total. The number of piperidine rings is 1. The molecule has 1 aromatic carbocycles. The van der Waals surface area contributed by atoms with Crippen molar-refractivity contribution in [1.29, 1.82) is 0 Å². The third-order valence-corrected chi connectivity index (χ3v) is 4.55. The van der Waals surface area contributed by atoms with Crippen LogP contribution in [0.2, 0.25) is 0 Å². The molecule has 5 heteroatoms. The smallest absolute Gasteiger partial charge is 0.253 e. The number of benzene rings is 1. The molecule has 3 rings (SSSR count). The maximum absolute atomic E-state index is 12.7. The van der Waals surface area contributed by atoms with Gasteiger partial charge in [-0.1, -0.05) is 19.1 Å². The van der Waals surface area contributed by atoms with E-state index in [0.717, 1.165) is 43.0 Å². The molecule has 1 aliphatic rings. The molecule has 1 aromatic heterocycles. The Morgan fingerprint density at radius 2 is 2.00 bits per heavy atom. The molecule has 0 saturated carbocycles. The highest BCUT2D eigenvalue weighted by atomic mass is 16.2. The fourth-order valence-corrected chi connectivity index (χ4v) is 3.29. The van der Waals surface area contributed by atoms with Gasteiger partial charge in [0.1, 0.15) is 11.6 Å². The number of aromatic nitrogens is 3.